The minimum absolute atomic E-state index is 0.172. The number of fused-ring (bicyclic) bond motifs is 1. The lowest BCUT2D eigenvalue weighted by atomic mass is 10.0. The van der Waals surface area contributed by atoms with Crippen LogP contribution < -0.4 is 5.73 Å². The van der Waals surface area contributed by atoms with Crippen molar-refractivity contribution in [1.29, 1.82) is 0 Å². The Labute approximate surface area is 106 Å². The van der Waals surface area contributed by atoms with E-state index in [-0.39, 0.29) is 17.2 Å². The number of benzene rings is 1. The SMILES string of the molecule is CCC1(CN2C(=O)c3ccc(N)cc3C2=O)CC1. The van der Waals surface area contributed by atoms with E-state index in [1.165, 1.54) is 4.90 Å². The first-order valence-corrected chi connectivity index (χ1v) is 6.32. The molecule has 0 unspecified atom stereocenters. The van der Waals surface area contributed by atoms with Crippen molar-refractivity contribution >= 4 is 17.5 Å². The van der Waals surface area contributed by atoms with Crippen molar-refractivity contribution in [3.8, 4) is 0 Å². The largest absolute Gasteiger partial charge is 0.399 e. The highest BCUT2D eigenvalue weighted by molar-refractivity contribution is 6.21. The molecule has 0 bridgehead atoms. The van der Waals surface area contributed by atoms with Crippen LogP contribution in [0, 0.1) is 5.41 Å². The molecule has 94 valence electrons. The van der Waals surface area contributed by atoms with Crippen LogP contribution in [0.15, 0.2) is 18.2 Å². The summed E-state index contributed by atoms with van der Waals surface area (Å²) in [6.45, 7) is 2.67. The number of hydrogen-bond acceptors (Lipinski definition) is 3. The fourth-order valence-electron chi connectivity index (χ4n) is 2.59. The minimum atomic E-state index is -0.193. The lowest BCUT2D eigenvalue weighted by Crippen LogP contribution is -2.35. The second-order valence-corrected chi connectivity index (χ2v) is 5.36. The van der Waals surface area contributed by atoms with Crippen molar-refractivity contribution in [2.45, 2.75) is 26.2 Å². The van der Waals surface area contributed by atoms with Crippen molar-refractivity contribution in [2.75, 3.05) is 12.3 Å². The number of hydrogen-bond donors (Lipinski definition) is 1. The third-order valence-corrected chi connectivity index (χ3v) is 4.20. The van der Waals surface area contributed by atoms with Gasteiger partial charge >= 0.3 is 0 Å². The lowest BCUT2D eigenvalue weighted by Gasteiger charge is -2.20. The third kappa shape index (κ3) is 1.52. The van der Waals surface area contributed by atoms with Crippen molar-refractivity contribution in [2.24, 2.45) is 5.41 Å². The fourth-order valence-corrected chi connectivity index (χ4v) is 2.59. The van der Waals surface area contributed by atoms with Crippen LogP contribution in [0.4, 0.5) is 5.69 Å². The molecular formula is C14H16N2O2. The molecule has 4 heteroatoms. The van der Waals surface area contributed by atoms with Gasteiger partial charge in [-0.05, 0) is 42.9 Å². The van der Waals surface area contributed by atoms with Crippen LogP contribution in [0.1, 0.15) is 46.9 Å². The zero-order chi connectivity index (χ0) is 12.9. The van der Waals surface area contributed by atoms with E-state index in [1.54, 1.807) is 18.2 Å². The molecule has 1 aliphatic heterocycles. The third-order valence-electron chi connectivity index (χ3n) is 4.20. The molecular weight excluding hydrogens is 228 g/mol. The summed E-state index contributed by atoms with van der Waals surface area (Å²) in [7, 11) is 0. The van der Waals surface area contributed by atoms with Gasteiger partial charge in [0.25, 0.3) is 11.8 Å². The molecule has 1 saturated carbocycles. The van der Waals surface area contributed by atoms with Crippen LogP contribution in [0.5, 0.6) is 0 Å². The molecule has 1 aliphatic carbocycles. The van der Waals surface area contributed by atoms with Gasteiger partial charge in [-0.1, -0.05) is 6.92 Å². The first kappa shape index (κ1) is 11.3. The molecule has 1 heterocycles. The Morgan fingerprint density at radius 3 is 2.50 bits per heavy atom. The van der Waals surface area contributed by atoms with Crippen molar-refractivity contribution < 1.29 is 9.59 Å². The number of amides is 2. The first-order chi connectivity index (χ1) is 8.56. The number of anilines is 1. The van der Waals surface area contributed by atoms with E-state index in [1.807, 2.05) is 0 Å². The normalized spacial score (nSPS) is 20.2. The number of carbonyl (C=O) groups is 2. The average Bonchev–Trinajstić information content (AvgIpc) is 3.10. The van der Waals surface area contributed by atoms with Crippen LogP contribution in [0.3, 0.4) is 0 Å². The van der Waals surface area contributed by atoms with Crippen LogP contribution in [0.2, 0.25) is 0 Å². The van der Waals surface area contributed by atoms with Gasteiger partial charge in [0.2, 0.25) is 0 Å². The molecule has 3 rings (SSSR count). The van der Waals surface area contributed by atoms with Crippen LogP contribution >= 0.6 is 0 Å². The van der Waals surface area contributed by atoms with Gasteiger partial charge in [0.1, 0.15) is 0 Å². The van der Waals surface area contributed by atoms with Crippen LogP contribution in [-0.4, -0.2) is 23.3 Å². The van der Waals surface area contributed by atoms with E-state index >= 15 is 0 Å². The van der Waals surface area contributed by atoms with Gasteiger partial charge < -0.3 is 5.73 Å². The van der Waals surface area contributed by atoms with Crippen molar-refractivity contribution in [1.82, 2.24) is 4.90 Å². The first-order valence-electron chi connectivity index (χ1n) is 6.32. The second kappa shape index (κ2) is 3.57. The number of carbonyl (C=O) groups excluding carboxylic acids is 2. The van der Waals surface area contributed by atoms with Gasteiger partial charge in [-0.3, -0.25) is 14.5 Å². The monoisotopic (exact) mass is 244 g/mol. The molecule has 0 atom stereocenters. The number of rotatable bonds is 3. The fraction of sp³-hybridized carbons (Fsp3) is 0.429. The molecule has 1 aromatic rings. The Morgan fingerprint density at radius 2 is 1.89 bits per heavy atom. The highest BCUT2D eigenvalue weighted by atomic mass is 16.2. The lowest BCUT2D eigenvalue weighted by molar-refractivity contribution is 0.0618. The number of imide groups is 1. The topological polar surface area (TPSA) is 63.4 Å². The smallest absolute Gasteiger partial charge is 0.261 e. The summed E-state index contributed by atoms with van der Waals surface area (Å²) >= 11 is 0. The minimum Gasteiger partial charge on any atom is -0.399 e. The maximum atomic E-state index is 12.2. The summed E-state index contributed by atoms with van der Waals surface area (Å²) in [4.78, 5) is 25.8. The van der Waals surface area contributed by atoms with E-state index in [4.69, 9.17) is 5.73 Å². The molecule has 18 heavy (non-hydrogen) atoms. The molecule has 4 nitrogen and oxygen atoms in total. The number of nitrogens with two attached hydrogens (primary N) is 1. The van der Waals surface area contributed by atoms with Crippen LogP contribution in [0.25, 0.3) is 0 Å². The van der Waals surface area contributed by atoms with Gasteiger partial charge in [0, 0.05) is 12.2 Å². The standard InChI is InChI=1S/C14H16N2O2/c1-2-14(5-6-14)8-16-12(17)10-4-3-9(15)7-11(10)13(16)18/h3-4,7H,2,5-6,8,15H2,1H3. The Balaban J connectivity index is 1.92. The molecule has 0 spiro atoms. The Morgan fingerprint density at radius 1 is 1.22 bits per heavy atom. The number of nitrogens with zero attached hydrogens (tertiary/aromatic N) is 1. The maximum Gasteiger partial charge on any atom is 0.261 e. The van der Waals surface area contributed by atoms with Crippen molar-refractivity contribution in [3.05, 3.63) is 29.3 Å². The van der Waals surface area contributed by atoms with E-state index < -0.39 is 0 Å². The molecule has 2 N–H and O–H groups in total. The Hall–Kier alpha value is -1.84. The summed E-state index contributed by atoms with van der Waals surface area (Å²) < 4.78 is 0. The molecule has 0 saturated heterocycles. The number of nitrogen functional groups attached to an aromatic ring is 1. The van der Waals surface area contributed by atoms with E-state index in [0.29, 0.717) is 23.4 Å². The van der Waals surface area contributed by atoms with Crippen molar-refractivity contribution in [3.63, 3.8) is 0 Å². The molecule has 0 radical (unpaired) electrons. The van der Waals surface area contributed by atoms with Crippen LogP contribution in [-0.2, 0) is 0 Å². The molecule has 2 aliphatic rings. The second-order valence-electron chi connectivity index (χ2n) is 5.36. The summed E-state index contributed by atoms with van der Waals surface area (Å²) in [6, 6.07) is 4.91. The summed E-state index contributed by atoms with van der Waals surface area (Å²) in [6.07, 6.45) is 3.24. The van der Waals surface area contributed by atoms with Gasteiger partial charge in [0.15, 0.2) is 0 Å². The van der Waals surface area contributed by atoms with Gasteiger partial charge in [0.05, 0.1) is 11.1 Å². The highest BCUT2D eigenvalue weighted by Crippen LogP contribution is 2.49. The van der Waals surface area contributed by atoms with Gasteiger partial charge in [-0.2, -0.15) is 0 Å². The zero-order valence-corrected chi connectivity index (χ0v) is 10.4. The van der Waals surface area contributed by atoms with E-state index in [2.05, 4.69) is 6.92 Å². The van der Waals surface area contributed by atoms with E-state index in [0.717, 1.165) is 19.3 Å². The molecule has 0 aromatic heterocycles. The zero-order valence-electron chi connectivity index (χ0n) is 10.4. The molecule has 1 fully saturated rings. The van der Waals surface area contributed by atoms with Gasteiger partial charge in [-0.15, -0.1) is 0 Å². The van der Waals surface area contributed by atoms with Gasteiger partial charge in [-0.25, -0.2) is 0 Å². The predicted octanol–water partition coefficient (Wildman–Crippen LogP) is 2.05. The van der Waals surface area contributed by atoms with E-state index in [9.17, 15) is 9.59 Å². The Bertz CT molecular complexity index is 547. The molecule has 1 aromatic carbocycles. The summed E-state index contributed by atoms with van der Waals surface area (Å²) in [5, 5.41) is 0. The summed E-state index contributed by atoms with van der Waals surface area (Å²) in [5.41, 5.74) is 7.31. The summed E-state index contributed by atoms with van der Waals surface area (Å²) in [5.74, 6) is -0.364. The predicted molar refractivity (Wildman–Crippen MR) is 68.2 cm³/mol. The highest BCUT2D eigenvalue weighted by Gasteiger charge is 2.47. The quantitative estimate of drug-likeness (QED) is 0.653. The molecule has 2 amide bonds. The average molecular weight is 244 g/mol. The maximum absolute atomic E-state index is 12.2. The Kier molecular flexibility index (Phi) is 2.24.